The van der Waals surface area contributed by atoms with Crippen molar-refractivity contribution in [2.75, 3.05) is 7.11 Å². The molecule has 0 amide bonds. The normalized spacial score (nSPS) is 18.2. The molecular formula is C21H18F3N3O2. The van der Waals surface area contributed by atoms with Crippen LogP contribution in [0.1, 0.15) is 18.1 Å². The minimum absolute atomic E-state index is 0.348. The highest BCUT2D eigenvalue weighted by Crippen LogP contribution is 2.35. The van der Waals surface area contributed by atoms with Crippen LogP contribution in [0, 0.1) is 0 Å². The van der Waals surface area contributed by atoms with Crippen LogP contribution in [0.25, 0.3) is 17.3 Å². The van der Waals surface area contributed by atoms with Crippen molar-refractivity contribution in [2.24, 2.45) is 0 Å². The van der Waals surface area contributed by atoms with Gasteiger partial charge in [0.15, 0.2) is 0 Å². The Balaban J connectivity index is 1.54. The third-order valence-electron chi connectivity index (χ3n) is 4.68. The summed E-state index contributed by atoms with van der Waals surface area (Å²) in [6, 6.07) is 10.6. The summed E-state index contributed by atoms with van der Waals surface area (Å²) in [5.74, 6) is 1.46. The van der Waals surface area contributed by atoms with Crippen LogP contribution >= 0.6 is 0 Å². The van der Waals surface area contributed by atoms with E-state index in [1.807, 2.05) is 37.3 Å². The van der Waals surface area contributed by atoms with Gasteiger partial charge in [0.25, 0.3) is 0 Å². The minimum Gasteiger partial charge on any atom is -0.497 e. The molecule has 4 rings (SSSR count). The molecule has 0 spiro atoms. The van der Waals surface area contributed by atoms with E-state index >= 15 is 0 Å². The third kappa shape index (κ3) is 3.96. The summed E-state index contributed by atoms with van der Waals surface area (Å²) in [5.41, 5.74) is 0.228. The molecule has 0 saturated carbocycles. The maximum Gasteiger partial charge on any atom is 0.416 e. The Kier molecular flexibility index (Phi) is 4.56. The summed E-state index contributed by atoms with van der Waals surface area (Å²) in [6.45, 7) is 2.25. The Bertz CT molecular complexity index is 1080. The van der Waals surface area contributed by atoms with Crippen molar-refractivity contribution in [3.8, 4) is 22.8 Å². The molecule has 0 saturated heterocycles. The van der Waals surface area contributed by atoms with Crippen molar-refractivity contribution >= 4 is 6.08 Å². The molecule has 1 aromatic heterocycles. The maximum absolute atomic E-state index is 12.9. The lowest BCUT2D eigenvalue weighted by Crippen LogP contribution is -2.37. The Hall–Kier alpha value is -3.29. The molecular weight excluding hydrogens is 383 g/mol. The predicted octanol–water partition coefficient (Wildman–Crippen LogP) is 4.84. The van der Waals surface area contributed by atoms with Gasteiger partial charge in [-0.2, -0.15) is 13.2 Å². The number of benzene rings is 2. The molecule has 1 atom stereocenters. The molecule has 5 nitrogen and oxygen atoms in total. The van der Waals surface area contributed by atoms with E-state index in [0.717, 1.165) is 23.4 Å². The molecule has 29 heavy (non-hydrogen) atoms. The van der Waals surface area contributed by atoms with Crippen LogP contribution in [-0.4, -0.2) is 27.7 Å². The number of hydrogen-bond donors (Lipinski definition) is 0. The maximum atomic E-state index is 12.9. The van der Waals surface area contributed by atoms with E-state index in [1.54, 1.807) is 24.1 Å². The van der Waals surface area contributed by atoms with Gasteiger partial charge in [0.2, 0.25) is 0 Å². The molecule has 150 valence electrons. The van der Waals surface area contributed by atoms with Crippen molar-refractivity contribution < 1.29 is 22.6 Å². The molecule has 2 heterocycles. The molecule has 0 fully saturated rings. The minimum atomic E-state index is -4.41. The fraction of sp³-hybridized carbons (Fsp3) is 0.238. The van der Waals surface area contributed by atoms with Gasteiger partial charge in [-0.25, -0.2) is 4.68 Å². The van der Waals surface area contributed by atoms with Gasteiger partial charge >= 0.3 is 6.18 Å². The first-order chi connectivity index (χ1) is 13.8. The Morgan fingerprint density at radius 3 is 2.76 bits per heavy atom. The average Bonchev–Trinajstić information content (AvgIpc) is 3.15. The van der Waals surface area contributed by atoms with Crippen molar-refractivity contribution in [1.82, 2.24) is 15.0 Å². The zero-order chi connectivity index (χ0) is 20.6. The zero-order valence-electron chi connectivity index (χ0n) is 15.8. The summed E-state index contributed by atoms with van der Waals surface area (Å²) < 4.78 is 51.7. The lowest BCUT2D eigenvalue weighted by molar-refractivity contribution is -0.137. The second-order valence-corrected chi connectivity index (χ2v) is 7.03. The Morgan fingerprint density at radius 2 is 2.00 bits per heavy atom. The summed E-state index contributed by atoms with van der Waals surface area (Å²) in [7, 11) is 1.60. The highest BCUT2D eigenvalue weighted by atomic mass is 19.4. The van der Waals surface area contributed by atoms with Crippen molar-refractivity contribution in [3.63, 3.8) is 0 Å². The molecule has 1 unspecified atom stereocenters. The number of nitrogens with zero attached hydrogens (tertiary/aromatic N) is 3. The average molecular weight is 401 g/mol. The predicted molar refractivity (Wildman–Crippen MR) is 102 cm³/mol. The van der Waals surface area contributed by atoms with Crippen LogP contribution in [0.5, 0.6) is 11.5 Å². The molecule has 0 bridgehead atoms. The van der Waals surface area contributed by atoms with Gasteiger partial charge in [-0.1, -0.05) is 23.4 Å². The van der Waals surface area contributed by atoms with Crippen molar-refractivity contribution in [1.29, 1.82) is 0 Å². The monoisotopic (exact) mass is 401 g/mol. The van der Waals surface area contributed by atoms with Gasteiger partial charge in [-0.05, 0) is 43.3 Å². The standard InChI is InChI=1S/C21H18F3N3O2/c1-20(9-8-15-11-17(28-2)6-7-19(15)29-20)13-27-12-18(25-26-27)14-4-3-5-16(10-14)21(22,23)24/h3-12H,13H2,1-2H3. The third-order valence-corrected chi connectivity index (χ3v) is 4.68. The zero-order valence-corrected chi connectivity index (χ0v) is 15.8. The highest BCUT2D eigenvalue weighted by Gasteiger charge is 2.31. The van der Waals surface area contributed by atoms with E-state index in [2.05, 4.69) is 10.3 Å². The second-order valence-electron chi connectivity index (χ2n) is 7.03. The fourth-order valence-electron chi connectivity index (χ4n) is 3.20. The van der Waals surface area contributed by atoms with Crippen LogP contribution in [0.4, 0.5) is 13.2 Å². The van der Waals surface area contributed by atoms with Crippen LogP contribution in [0.3, 0.4) is 0 Å². The van der Waals surface area contributed by atoms with E-state index in [4.69, 9.17) is 9.47 Å². The van der Waals surface area contributed by atoms with Gasteiger partial charge in [0.1, 0.15) is 22.8 Å². The van der Waals surface area contributed by atoms with E-state index in [1.165, 1.54) is 6.07 Å². The number of methoxy groups -OCH3 is 1. The molecule has 3 aromatic rings. The Morgan fingerprint density at radius 1 is 1.17 bits per heavy atom. The van der Waals surface area contributed by atoms with E-state index < -0.39 is 17.3 Å². The number of ether oxygens (including phenoxy) is 2. The topological polar surface area (TPSA) is 49.2 Å². The number of rotatable bonds is 4. The molecule has 1 aliphatic rings. The van der Waals surface area contributed by atoms with Crippen LogP contribution in [-0.2, 0) is 12.7 Å². The summed E-state index contributed by atoms with van der Waals surface area (Å²) in [5, 5.41) is 8.08. The summed E-state index contributed by atoms with van der Waals surface area (Å²) in [6.07, 6.45) is 1.07. The first-order valence-electron chi connectivity index (χ1n) is 8.90. The largest absolute Gasteiger partial charge is 0.497 e. The molecule has 2 aromatic carbocycles. The molecule has 0 aliphatic carbocycles. The molecule has 8 heteroatoms. The van der Waals surface area contributed by atoms with Gasteiger partial charge < -0.3 is 9.47 Å². The number of fused-ring (bicyclic) bond motifs is 1. The smallest absolute Gasteiger partial charge is 0.416 e. The van der Waals surface area contributed by atoms with Crippen LogP contribution in [0.15, 0.2) is 54.7 Å². The van der Waals surface area contributed by atoms with Gasteiger partial charge in [-0.15, -0.1) is 5.10 Å². The van der Waals surface area contributed by atoms with Gasteiger partial charge in [0.05, 0.1) is 25.4 Å². The Labute approximate surface area is 165 Å². The van der Waals surface area contributed by atoms with Crippen molar-refractivity contribution in [2.45, 2.75) is 25.2 Å². The van der Waals surface area contributed by atoms with E-state index in [9.17, 15) is 13.2 Å². The first-order valence-corrected chi connectivity index (χ1v) is 8.90. The molecule has 1 aliphatic heterocycles. The van der Waals surface area contributed by atoms with Crippen LogP contribution < -0.4 is 9.47 Å². The van der Waals surface area contributed by atoms with Gasteiger partial charge in [0, 0.05) is 11.1 Å². The van der Waals surface area contributed by atoms with E-state index in [0.29, 0.717) is 23.6 Å². The van der Waals surface area contributed by atoms with Gasteiger partial charge in [-0.3, -0.25) is 0 Å². The number of aromatic nitrogens is 3. The fourth-order valence-corrected chi connectivity index (χ4v) is 3.20. The SMILES string of the molecule is COc1ccc2c(c1)C=CC(C)(Cn1cc(-c3cccc(C(F)(F)F)c3)nn1)O2. The van der Waals surface area contributed by atoms with Crippen molar-refractivity contribution in [3.05, 3.63) is 65.9 Å². The number of alkyl halides is 3. The summed E-state index contributed by atoms with van der Waals surface area (Å²) >= 11 is 0. The number of hydrogen-bond acceptors (Lipinski definition) is 4. The summed E-state index contributed by atoms with van der Waals surface area (Å²) in [4.78, 5) is 0. The highest BCUT2D eigenvalue weighted by molar-refractivity contribution is 5.63. The molecule has 0 radical (unpaired) electrons. The lowest BCUT2D eigenvalue weighted by Gasteiger charge is -2.31. The first kappa shape index (κ1) is 19.0. The number of halogens is 3. The quantitative estimate of drug-likeness (QED) is 0.628. The molecule has 0 N–H and O–H groups in total. The second kappa shape index (κ2) is 6.95. The van der Waals surface area contributed by atoms with Crippen LogP contribution in [0.2, 0.25) is 0 Å². The lowest BCUT2D eigenvalue weighted by atomic mass is 10.00. The van der Waals surface area contributed by atoms with E-state index in [-0.39, 0.29) is 0 Å².